The summed E-state index contributed by atoms with van der Waals surface area (Å²) in [4.78, 5) is 35.2. The van der Waals surface area contributed by atoms with Crippen molar-refractivity contribution < 1.29 is 38.1 Å². The molecule has 1 fully saturated rings. The number of carbonyl (C=O) groups is 3. The molecule has 148 valence electrons. The molecule has 0 radical (unpaired) electrons. The highest BCUT2D eigenvalue weighted by Crippen LogP contribution is 2.32. The summed E-state index contributed by atoms with van der Waals surface area (Å²) >= 11 is 3.25. The predicted molar refractivity (Wildman–Crippen MR) is 95.7 cm³/mol. The Morgan fingerprint density at radius 3 is 2.15 bits per heavy atom. The van der Waals surface area contributed by atoms with E-state index in [-0.39, 0.29) is 6.61 Å². The molecule has 0 amide bonds. The molecule has 1 aromatic carbocycles. The number of hydrogen-bond donors (Lipinski definition) is 0. The molecule has 0 spiro atoms. The zero-order valence-corrected chi connectivity index (χ0v) is 16.7. The van der Waals surface area contributed by atoms with E-state index in [4.69, 9.17) is 23.7 Å². The Balaban J connectivity index is 2.32. The number of methoxy groups -OCH3 is 1. The lowest BCUT2D eigenvalue weighted by Crippen LogP contribution is -2.61. The molecule has 0 saturated carbocycles. The third kappa shape index (κ3) is 5.75. The van der Waals surface area contributed by atoms with Crippen LogP contribution in [-0.2, 0) is 44.7 Å². The van der Waals surface area contributed by atoms with Crippen LogP contribution in [0.15, 0.2) is 30.3 Å². The smallest absolute Gasteiger partial charge is 0.339 e. The fraction of sp³-hybridized carbons (Fsp3) is 0.500. The van der Waals surface area contributed by atoms with Crippen LogP contribution in [0.25, 0.3) is 0 Å². The first-order valence-corrected chi connectivity index (χ1v) is 9.12. The van der Waals surface area contributed by atoms with Crippen LogP contribution in [0.5, 0.6) is 0 Å². The van der Waals surface area contributed by atoms with Gasteiger partial charge in [0.15, 0.2) is 23.3 Å². The van der Waals surface area contributed by atoms with Gasteiger partial charge < -0.3 is 23.7 Å². The molecule has 27 heavy (non-hydrogen) atoms. The molecule has 1 aliphatic rings. The summed E-state index contributed by atoms with van der Waals surface area (Å²) in [5, 5.41) is -0.863. The van der Waals surface area contributed by atoms with Crippen LogP contribution >= 0.6 is 15.9 Å². The normalized spacial score (nSPS) is 27.5. The van der Waals surface area contributed by atoms with Crippen molar-refractivity contribution in [2.24, 2.45) is 0 Å². The summed E-state index contributed by atoms with van der Waals surface area (Å²) in [5.41, 5.74) is 0.855. The number of alkyl halides is 1. The first-order valence-electron chi connectivity index (χ1n) is 8.20. The van der Waals surface area contributed by atoms with Crippen molar-refractivity contribution in [1.29, 1.82) is 0 Å². The molecule has 1 aromatic rings. The first-order chi connectivity index (χ1) is 12.8. The van der Waals surface area contributed by atoms with E-state index in [0.29, 0.717) is 0 Å². The largest absolute Gasteiger partial charge is 0.467 e. The molecule has 0 unspecified atom stereocenters. The van der Waals surface area contributed by atoms with Gasteiger partial charge in [-0.3, -0.25) is 9.59 Å². The molecule has 1 saturated heterocycles. The second-order valence-corrected chi connectivity index (χ2v) is 6.74. The van der Waals surface area contributed by atoms with Gasteiger partial charge in [-0.25, -0.2) is 4.79 Å². The minimum absolute atomic E-state index is 0.147. The van der Waals surface area contributed by atoms with E-state index < -0.39 is 47.3 Å². The lowest BCUT2D eigenvalue weighted by molar-refractivity contribution is -0.237. The van der Waals surface area contributed by atoms with Gasteiger partial charge in [0.05, 0.1) is 13.7 Å². The molecule has 2 rings (SSSR count). The summed E-state index contributed by atoms with van der Waals surface area (Å²) < 4.78 is 26.8. The number of hydrogen-bond acceptors (Lipinski definition) is 8. The lowest BCUT2D eigenvalue weighted by atomic mass is 9.99. The van der Waals surface area contributed by atoms with Gasteiger partial charge in [-0.15, -0.1) is 0 Å². The van der Waals surface area contributed by atoms with Gasteiger partial charge in [0.25, 0.3) is 0 Å². The molecule has 1 heterocycles. The van der Waals surface area contributed by atoms with E-state index in [1.54, 1.807) is 0 Å². The molecule has 0 N–H and O–H groups in total. The van der Waals surface area contributed by atoms with Crippen molar-refractivity contribution >= 4 is 33.8 Å². The van der Waals surface area contributed by atoms with Crippen molar-refractivity contribution in [2.75, 3.05) is 7.11 Å². The maximum atomic E-state index is 12.1. The second kappa shape index (κ2) is 9.82. The number of esters is 3. The van der Waals surface area contributed by atoms with Crippen molar-refractivity contribution in [1.82, 2.24) is 0 Å². The van der Waals surface area contributed by atoms with E-state index in [1.165, 1.54) is 21.0 Å². The maximum Gasteiger partial charge on any atom is 0.339 e. The number of halogens is 1. The number of benzene rings is 1. The fourth-order valence-corrected chi connectivity index (χ4v) is 3.34. The molecule has 0 aromatic heterocycles. The van der Waals surface area contributed by atoms with Crippen LogP contribution in [-0.4, -0.2) is 54.4 Å². The van der Waals surface area contributed by atoms with Crippen LogP contribution in [0.4, 0.5) is 0 Å². The van der Waals surface area contributed by atoms with Gasteiger partial charge in [0.1, 0.15) is 6.10 Å². The van der Waals surface area contributed by atoms with Gasteiger partial charge in [0.2, 0.25) is 0 Å². The van der Waals surface area contributed by atoms with E-state index in [1.807, 2.05) is 30.3 Å². The molecular formula is C18H21BrO8. The maximum absolute atomic E-state index is 12.1. The van der Waals surface area contributed by atoms with Crippen molar-refractivity contribution in [3.8, 4) is 0 Å². The van der Waals surface area contributed by atoms with Crippen LogP contribution in [0.3, 0.4) is 0 Å². The van der Waals surface area contributed by atoms with Gasteiger partial charge in [-0.05, 0) is 5.56 Å². The first kappa shape index (κ1) is 21.3. The molecule has 5 atom stereocenters. The summed E-state index contributed by atoms with van der Waals surface area (Å²) in [6, 6.07) is 9.26. The Kier molecular flexibility index (Phi) is 7.76. The van der Waals surface area contributed by atoms with Crippen LogP contribution in [0.1, 0.15) is 19.4 Å². The summed E-state index contributed by atoms with van der Waals surface area (Å²) in [5.74, 6) is -1.94. The van der Waals surface area contributed by atoms with Crippen LogP contribution in [0, 0.1) is 0 Å². The van der Waals surface area contributed by atoms with Crippen LogP contribution < -0.4 is 0 Å². The number of carbonyl (C=O) groups excluding carboxylic acids is 3. The van der Waals surface area contributed by atoms with E-state index in [9.17, 15) is 14.4 Å². The zero-order chi connectivity index (χ0) is 20.0. The van der Waals surface area contributed by atoms with Crippen molar-refractivity contribution in [3.05, 3.63) is 35.9 Å². The lowest BCUT2D eigenvalue weighted by Gasteiger charge is -2.42. The van der Waals surface area contributed by atoms with Crippen LogP contribution in [0.2, 0.25) is 0 Å². The Morgan fingerprint density at radius 2 is 1.59 bits per heavy atom. The average Bonchev–Trinajstić information content (AvgIpc) is 2.63. The third-order valence-electron chi connectivity index (χ3n) is 3.80. The number of rotatable bonds is 6. The quantitative estimate of drug-likeness (QED) is 0.371. The average molecular weight is 445 g/mol. The van der Waals surface area contributed by atoms with Gasteiger partial charge in [-0.1, -0.05) is 46.3 Å². The minimum Gasteiger partial charge on any atom is -0.467 e. The van der Waals surface area contributed by atoms with E-state index >= 15 is 0 Å². The molecule has 0 aliphatic carbocycles. The molecule has 9 heteroatoms. The number of ether oxygens (including phenoxy) is 5. The van der Waals surface area contributed by atoms with E-state index in [0.717, 1.165) is 5.56 Å². The Labute approximate surface area is 165 Å². The highest BCUT2D eigenvalue weighted by atomic mass is 79.9. The monoisotopic (exact) mass is 444 g/mol. The molecule has 0 bridgehead atoms. The molecule has 1 aliphatic heterocycles. The Bertz CT molecular complexity index is 665. The Hall–Kier alpha value is -1.97. The molecular weight excluding hydrogens is 424 g/mol. The van der Waals surface area contributed by atoms with Gasteiger partial charge >= 0.3 is 17.9 Å². The third-order valence-corrected chi connectivity index (χ3v) is 4.54. The SMILES string of the molecule is COC(=O)[C@@H]1O[C@@H](Br)[C@@H](OC(C)=O)[C@H](OCc2ccccc2)[C@H]1OC(C)=O. The molecule has 8 nitrogen and oxygen atoms in total. The minimum atomic E-state index is -1.24. The summed E-state index contributed by atoms with van der Waals surface area (Å²) in [7, 11) is 1.19. The van der Waals surface area contributed by atoms with Gasteiger partial charge in [-0.2, -0.15) is 0 Å². The fourth-order valence-electron chi connectivity index (χ4n) is 2.70. The van der Waals surface area contributed by atoms with Gasteiger partial charge in [0, 0.05) is 13.8 Å². The van der Waals surface area contributed by atoms with E-state index in [2.05, 4.69) is 15.9 Å². The van der Waals surface area contributed by atoms with Crippen molar-refractivity contribution in [3.63, 3.8) is 0 Å². The highest BCUT2D eigenvalue weighted by Gasteiger charge is 2.52. The topological polar surface area (TPSA) is 97.4 Å². The highest BCUT2D eigenvalue weighted by molar-refractivity contribution is 9.09. The Morgan fingerprint density at radius 1 is 1.00 bits per heavy atom. The predicted octanol–water partition coefficient (Wildman–Crippen LogP) is 1.73. The zero-order valence-electron chi connectivity index (χ0n) is 15.1. The summed E-state index contributed by atoms with van der Waals surface area (Å²) in [6.07, 6.45) is -4.30. The second-order valence-electron chi connectivity index (χ2n) is 5.84. The standard InChI is InChI=1S/C18H21BrO8/c1-10(20)25-14-13(24-9-12-7-5-4-6-8-12)15(26-11(2)21)17(19)27-16(14)18(22)23-3/h4-8,13-17H,9H2,1-3H3/t13-,14-,15+,16-,17-/m1/s1. The van der Waals surface area contributed by atoms with Crippen molar-refractivity contribution in [2.45, 2.75) is 49.9 Å². The summed E-state index contributed by atoms with van der Waals surface area (Å²) in [6.45, 7) is 2.58.